The first-order valence-corrected chi connectivity index (χ1v) is 8.85. The predicted octanol–water partition coefficient (Wildman–Crippen LogP) is 2.04. The molecule has 1 aromatic carbocycles. The van der Waals surface area contributed by atoms with Gasteiger partial charge in [-0.2, -0.15) is 0 Å². The van der Waals surface area contributed by atoms with Crippen molar-refractivity contribution in [1.29, 1.82) is 0 Å². The largest absolute Gasteiger partial charge is 0.344 e. The quantitative estimate of drug-likeness (QED) is 0.752. The minimum Gasteiger partial charge on any atom is -0.344 e. The highest BCUT2D eigenvalue weighted by Crippen LogP contribution is 2.14. The second-order valence-electron chi connectivity index (χ2n) is 5.12. The van der Waals surface area contributed by atoms with Crippen LogP contribution in [0.15, 0.2) is 66.2 Å². The molecule has 24 heavy (non-hydrogen) atoms. The first-order valence-electron chi connectivity index (χ1n) is 7.36. The Morgan fingerprint density at radius 1 is 1.29 bits per heavy atom. The van der Waals surface area contributed by atoms with Crippen molar-refractivity contribution in [3.63, 3.8) is 0 Å². The van der Waals surface area contributed by atoms with E-state index in [9.17, 15) is 13.2 Å². The number of nitrogens with zero attached hydrogens (tertiary/aromatic N) is 1. The van der Waals surface area contributed by atoms with Gasteiger partial charge in [0, 0.05) is 18.3 Å². The Labute approximate surface area is 141 Å². The highest BCUT2D eigenvalue weighted by atomic mass is 32.2. The van der Waals surface area contributed by atoms with Crippen LogP contribution in [0, 0.1) is 0 Å². The molecule has 0 aliphatic rings. The van der Waals surface area contributed by atoms with Gasteiger partial charge in [0.2, 0.25) is 10.0 Å². The zero-order valence-electron chi connectivity index (χ0n) is 13.3. The third kappa shape index (κ3) is 4.50. The molecule has 0 aliphatic heterocycles. The van der Waals surface area contributed by atoms with Crippen molar-refractivity contribution in [2.75, 3.05) is 6.54 Å². The van der Waals surface area contributed by atoms with Gasteiger partial charge >= 0.3 is 0 Å². The lowest BCUT2D eigenvalue weighted by molar-refractivity contribution is 0.0939. The van der Waals surface area contributed by atoms with Gasteiger partial charge in [0.05, 0.1) is 16.6 Å². The van der Waals surface area contributed by atoms with E-state index in [-0.39, 0.29) is 29.0 Å². The number of benzene rings is 1. The van der Waals surface area contributed by atoms with Crippen molar-refractivity contribution in [2.45, 2.75) is 17.9 Å². The van der Waals surface area contributed by atoms with E-state index < -0.39 is 10.0 Å². The van der Waals surface area contributed by atoms with E-state index in [0.29, 0.717) is 0 Å². The molecule has 2 rings (SSSR count). The van der Waals surface area contributed by atoms with E-state index in [2.05, 4.69) is 21.6 Å². The van der Waals surface area contributed by atoms with E-state index in [4.69, 9.17) is 0 Å². The smallest absolute Gasteiger partial charge is 0.251 e. The van der Waals surface area contributed by atoms with Gasteiger partial charge in [-0.3, -0.25) is 9.78 Å². The Hall–Kier alpha value is -2.51. The molecule has 7 heteroatoms. The average molecular weight is 345 g/mol. The fraction of sp³-hybridized carbons (Fsp3) is 0.176. The lowest BCUT2D eigenvalue weighted by atomic mass is 10.1. The number of sulfonamides is 1. The van der Waals surface area contributed by atoms with Crippen molar-refractivity contribution < 1.29 is 13.2 Å². The van der Waals surface area contributed by atoms with Crippen molar-refractivity contribution in [3.05, 3.63) is 72.6 Å². The van der Waals surface area contributed by atoms with Crippen LogP contribution in [0.25, 0.3) is 0 Å². The summed E-state index contributed by atoms with van der Waals surface area (Å²) in [6.07, 6.45) is 3.10. The Kier molecular flexibility index (Phi) is 5.83. The van der Waals surface area contributed by atoms with Gasteiger partial charge in [0.15, 0.2) is 0 Å². The molecule has 0 spiro atoms. The van der Waals surface area contributed by atoms with Gasteiger partial charge in [-0.1, -0.05) is 18.2 Å². The van der Waals surface area contributed by atoms with Gasteiger partial charge in [-0.25, -0.2) is 13.1 Å². The van der Waals surface area contributed by atoms with Crippen molar-refractivity contribution in [1.82, 2.24) is 15.0 Å². The van der Waals surface area contributed by atoms with E-state index in [1.807, 2.05) is 19.1 Å². The maximum atomic E-state index is 12.4. The number of carbonyl (C=O) groups excluding carboxylic acids is 1. The van der Waals surface area contributed by atoms with Crippen molar-refractivity contribution in [2.24, 2.45) is 0 Å². The summed E-state index contributed by atoms with van der Waals surface area (Å²) in [6, 6.07) is 11.0. The van der Waals surface area contributed by atoms with Crippen LogP contribution in [-0.2, 0) is 10.0 Å². The fourth-order valence-electron chi connectivity index (χ4n) is 2.04. The molecular formula is C17H19N3O3S. The normalized spacial score (nSPS) is 12.4. The molecule has 0 fully saturated rings. The highest BCUT2D eigenvalue weighted by molar-refractivity contribution is 7.89. The van der Waals surface area contributed by atoms with Crippen LogP contribution in [0.3, 0.4) is 0 Å². The Bertz CT molecular complexity index is 820. The molecule has 1 atom stereocenters. The van der Waals surface area contributed by atoms with Crippen LogP contribution < -0.4 is 10.0 Å². The number of rotatable bonds is 7. The molecule has 0 radical (unpaired) electrons. The average Bonchev–Trinajstić information content (AvgIpc) is 2.61. The van der Waals surface area contributed by atoms with Crippen LogP contribution >= 0.6 is 0 Å². The van der Waals surface area contributed by atoms with E-state index in [1.54, 1.807) is 18.3 Å². The van der Waals surface area contributed by atoms with E-state index in [0.717, 1.165) is 5.69 Å². The first kappa shape index (κ1) is 17.8. The topological polar surface area (TPSA) is 88.2 Å². The lowest BCUT2D eigenvalue weighted by Crippen LogP contribution is -2.28. The zero-order chi connectivity index (χ0) is 17.6. The summed E-state index contributed by atoms with van der Waals surface area (Å²) < 4.78 is 26.6. The Morgan fingerprint density at radius 2 is 2.08 bits per heavy atom. The van der Waals surface area contributed by atoms with Crippen molar-refractivity contribution >= 4 is 15.9 Å². The molecule has 6 nitrogen and oxygen atoms in total. The number of nitrogens with one attached hydrogen (secondary N) is 2. The molecule has 0 bridgehead atoms. The second-order valence-corrected chi connectivity index (χ2v) is 6.89. The summed E-state index contributed by atoms with van der Waals surface area (Å²) in [7, 11) is -3.67. The maximum absolute atomic E-state index is 12.4. The van der Waals surface area contributed by atoms with Crippen LogP contribution in [0.4, 0.5) is 0 Å². The molecule has 126 valence electrons. The summed E-state index contributed by atoms with van der Waals surface area (Å²) >= 11 is 0. The zero-order valence-corrected chi connectivity index (χ0v) is 14.1. The third-order valence-corrected chi connectivity index (χ3v) is 4.72. The van der Waals surface area contributed by atoms with Crippen LogP contribution in [0.2, 0.25) is 0 Å². The lowest BCUT2D eigenvalue weighted by Gasteiger charge is -2.14. The van der Waals surface area contributed by atoms with Crippen LogP contribution in [-0.4, -0.2) is 25.9 Å². The van der Waals surface area contributed by atoms with Gasteiger partial charge in [-0.15, -0.1) is 6.58 Å². The standard InChI is InChI=1S/C17H19N3O3S/c1-3-10-19-24(22,23)15-8-6-7-14(12-15)17(21)20-13(2)16-9-4-5-11-18-16/h3-9,11-13,19H,1,10H2,2H3,(H,20,21). The van der Waals surface area contributed by atoms with Gasteiger partial charge < -0.3 is 5.32 Å². The number of carbonyl (C=O) groups is 1. The molecule has 1 unspecified atom stereocenters. The highest BCUT2D eigenvalue weighted by Gasteiger charge is 2.17. The summed E-state index contributed by atoms with van der Waals surface area (Å²) in [5, 5.41) is 2.80. The van der Waals surface area contributed by atoms with E-state index >= 15 is 0 Å². The molecule has 2 aromatic rings. The molecule has 1 heterocycles. The minimum absolute atomic E-state index is 0.0301. The van der Waals surface area contributed by atoms with Crippen molar-refractivity contribution in [3.8, 4) is 0 Å². The van der Waals surface area contributed by atoms with Crippen LogP contribution in [0.1, 0.15) is 29.0 Å². The SMILES string of the molecule is C=CCNS(=O)(=O)c1cccc(C(=O)NC(C)c2ccccn2)c1. The summed E-state index contributed by atoms with van der Waals surface area (Å²) in [5.41, 5.74) is 0.988. The number of hydrogen-bond acceptors (Lipinski definition) is 4. The van der Waals surface area contributed by atoms with Gasteiger partial charge in [0.1, 0.15) is 0 Å². The molecule has 1 aromatic heterocycles. The monoisotopic (exact) mass is 345 g/mol. The number of aromatic nitrogens is 1. The van der Waals surface area contributed by atoms with E-state index in [1.165, 1.54) is 24.3 Å². The Morgan fingerprint density at radius 3 is 2.75 bits per heavy atom. The fourth-order valence-corrected chi connectivity index (χ4v) is 3.09. The first-order chi connectivity index (χ1) is 11.4. The molecule has 1 amide bonds. The minimum atomic E-state index is -3.67. The molecule has 0 saturated heterocycles. The number of pyridine rings is 1. The summed E-state index contributed by atoms with van der Waals surface area (Å²) in [5.74, 6) is -0.367. The molecule has 2 N–H and O–H groups in total. The van der Waals surface area contributed by atoms with Gasteiger partial charge in [-0.05, 0) is 37.3 Å². The number of amides is 1. The predicted molar refractivity (Wildman–Crippen MR) is 91.9 cm³/mol. The molecule has 0 aliphatic carbocycles. The summed E-state index contributed by atoms with van der Waals surface area (Å²) in [4.78, 5) is 16.6. The second kappa shape index (κ2) is 7.85. The summed E-state index contributed by atoms with van der Waals surface area (Å²) in [6.45, 7) is 5.40. The molecular weight excluding hydrogens is 326 g/mol. The van der Waals surface area contributed by atoms with Crippen LogP contribution in [0.5, 0.6) is 0 Å². The Balaban J connectivity index is 2.16. The number of hydrogen-bond donors (Lipinski definition) is 2. The third-order valence-electron chi connectivity index (χ3n) is 3.30. The van der Waals surface area contributed by atoms with Gasteiger partial charge in [0.25, 0.3) is 5.91 Å². The maximum Gasteiger partial charge on any atom is 0.251 e. The molecule has 0 saturated carbocycles.